The topological polar surface area (TPSA) is 90.2 Å². The average Bonchev–Trinajstić information content (AvgIpc) is 2.51. The summed E-state index contributed by atoms with van der Waals surface area (Å²) in [6.45, 7) is 0.658. The van der Waals surface area contributed by atoms with Crippen molar-refractivity contribution >= 4 is 15.8 Å². The number of nitrogens with zero attached hydrogens (tertiary/aromatic N) is 1. The van der Waals surface area contributed by atoms with Crippen molar-refractivity contribution in [3.8, 4) is 6.07 Å². The number of benzene rings is 2. The van der Waals surface area contributed by atoms with E-state index in [-0.39, 0.29) is 4.90 Å². The second kappa shape index (κ2) is 7.07. The van der Waals surface area contributed by atoms with Gasteiger partial charge in [-0.2, -0.15) is 13.7 Å². The van der Waals surface area contributed by atoms with Crippen LogP contribution in [-0.4, -0.2) is 19.5 Å². The predicted molar refractivity (Wildman–Crippen MR) is 84.2 cm³/mol. The molecule has 0 aliphatic heterocycles. The third-order valence-corrected chi connectivity index (χ3v) is 4.17. The van der Waals surface area contributed by atoms with Gasteiger partial charge in [-0.05, 0) is 48.7 Å². The lowest BCUT2D eigenvalue weighted by Crippen LogP contribution is -2.06. The minimum absolute atomic E-state index is 0.0339. The first-order chi connectivity index (χ1) is 10.5. The summed E-state index contributed by atoms with van der Waals surface area (Å²) in [5.74, 6) is 0. The first-order valence-corrected chi connectivity index (χ1v) is 8.24. The molecule has 0 atom stereocenters. The zero-order chi connectivity index (χ0) is 16.0. The van der Waals surface area contributed by atoms with Gasteiger partial charge in [-0.25, -0.2) is 0 Å². The van der Waals surface area contributed by atoms with Gasteiger partial charge in [0.15, 0.2) is 0 Å². The maximum absolute atomic E-state index is 11.3. The quantitative estimate of drug-likeness (QED) is 0.632. The van der Waals surface area contributed by atoms with Crippen molar-refractivity contribution in [2.24, 2.45) is 0 Å². The van der Waals surface area contributed by atoms with Crippen LogP contribution < -0.4 is 5.32 Å². The van der Waals surface area contributed by atoms with Crippen molar-refractivity contribution in [2.75, 3.05) is 11.9 Å². The van der Waals surface area contributed by atoms with E-state index in [0.29, 0.717) is 30.5 Å². The summed E-state index contributed by atoms with van der Waals surface area (Å²) >= 11 is 0. The molecular formula is C16H16N2O3S. The number of hydrogen-bond acceptors (Lipinski definition) is 4. The zero-order valence-electron chi connectivity index (χ0n) is 11.9. The Kier molecular flexibility index (Phi) is 5.15. The molecule has 0 aliphatic carbocycles. The van der Waals surface area contributed by atoms with Gasteiger partial charge in [0.2, 0.25) is 0 Å². The van der Waals surface area contributed by atoms with E-state index in [1.807, 2.05) is 12.1 Å². The van der Waals surface area contributed by atoms with Crippen molar-refractivity contribution in [3.63, 3.8) is 0 Å². The molecule has 0 heterocycles. The van der Waals surface area contributed by atoms with Crippen LogP contribution in [-0.2, 0) is 16.5 Å². The van der Waals surface area contributed by atoms with Gasteiger partial charge < -0.3 is 5.32 Å². The van der Waals surface area contributed by atoms with Gasteiger partial charge in [-0.15, -0.1) is 0 Å². The summed E-state index contributed by atoms with van der Waals surface area (Å²) in [5, 5.41) is 11.9. The minimum atomic E-state index is -4.18. The van der Waals surface area contributed by atoms with Crippen molar-refractivity contribution in [1.29, 1.82) is 5.26 Å². The van der Waals surface area contributed by atoms with Gasteiger partial charge in [-0.3, -0.25) is 4.55 Å². The summed E-state index contributed by atoms with van der Waals surface area (Å²) in [5.41, 5.74) is 2.11. The second-order valence-corrected chi connectivity index (χ2v) is 6.19. The normalized spacial score (nSPS) is 10.9. The Hall–Kier alpha value is -2.36. The van der Waals surface area contributed by atoms with E-state index >= 15 is 0 Å². The molecule has 0 spiro atoms. The molecule has 2 rings (SSSR count). The molecule has 2 N–H and O–H groups in total. The SMILES string of the molecule is N#Cc1ccc(NCCCc2ccccc2S(=O)(=O)O)cc1. The van der Waals surface area contributed by atoms with Gasteiger partial charge in [0, 0.05) is 12.2 Å². The number of nitrogens with one attached hydrogen (secondary N) is 1. The Labute approximate surface area is 130 Å². The largest absolute Gasteiger partial charge is 0.385 e. The van der Waals surface area contributed by atoms with Crippen LogP contribution in [0.15, 0.2) is 53.4 Å². The molecule has 0 unspecified atom stereocenters. The molecule has 0 bridgehead atoms. The van der Waals surface area contributed by atoms with E-state index in [1.165, 1.54) is 6.07 Å². The molecule has 114 valence electrons. The highest BCUT2D eigenvalue weighted by Gasteiger charge is 2.13. The monoisotopic (exact) mass is 316 g/mol. The second-order valence-electron chi connectivity index (χ2n) is 4.80. The molecule has 0 fully saturated rings. The van der Waals surface area contributed by atoms with Gasteiger partial charge in [0.1, 0.15) is 0 Å². The van der Waals surface area contributed by atoms with Gasteiger partial charge in [-0.1, -0.05) is 18.2 Å². The van der Waals surface area contributed by atoms with Gasteiger partial charge in [0.05, 0.1) is 16.5 Å². The van der Waals surface area contributed by atoms with Crippen molar-refractivity contribution in [3.05, 3.63) is 59.7 Å². The molecule has 0 aliphatic rings. The molecule has 5 nitrogen and oxygen atoms in total. The maximum atomic E-state index is 11.3. The highest BCUT2D eigenvalue weighted by molar-refractivity contribution is 7.85. The highest BCUT2D eigenvalue weighted by Crippen LogP contribution is 2.17. The molecular weight excluding hydrogens is 300 g/mol. The van der Waals surface area contributed by atoms with Gasteiger partial charge >= 0.3 is 0 Å². The Bertz CT molecular complexity index is 778. The lowest BCUT2D eigenvalue weighted by atomic mass is 10.1. The molecule has 0 saturated heterocycles. The van der Waals surface area contributed by atoms with Crippen LogP contribution in [0.2, 0.25) is 0 Å². The molecule has 0 aromatic heterocycles. The van der Waals surface area contributed by atoms with Crippen molar-refractivity contribution in [2.45, 2.75) is 17.7 Å². The van der Waals surface area contributed by atoms with Crippen LogP contribution in [0, 0.1) is 11.3 Å². The maximum Gasteiger partial charge on any atom is 0.294 e. The fourth-order valence-corrected chi connectivity index (χ4v) is 2.89. The summed E-state index contributed by atoms with van der Waals surface area (Å²) in [7, 11) is -4.18. The fraction of sp³-hybridized carbons (Fsp3) is 0.188. The highest BCUT2D eigenvalue weighted by atomic mass is 32.2. The molecule has 0 saturated carbocycles. The van der Waals surface area contributed by atoms with E-state index in [4.69, 9.17) is 5.26 Å². The first kappa shape index (κ1) is 16.0. The van der Waals surface area contributed by atoms with Crippen LogP contribution >= 0.6 is 0 Å². The van der Waals surface area contributed by atoms with E-state index in [0.717, 1.165) is 5.69 Å². The number of hydrogen-bond donors (Lipinski definition) is 2. The zero-order valence-corrected chi connectivity index (χ0v) is 12.7. The Morgan fingerprint density at radius 2 is 1.77 bits per heavy atom. The summed E-state index contributed by atoms with van der Waals surface area (Å²) in [4.78, 5) is -0.0339. The Morgan fingerprint density at radius 3 is 2.41 bits per heavy atom. The van der Waals surface area contributed by atoms with E-state index in [9.17, 15) is 13.0 Å². The third kappa shape index (κ3) is 4.32. The molecule has 0 radical (unpaired) electrons. The standard InChI is InChI=1S/C16H16N2O3S/c17-12-13-7-9-15(10-8-13)18-11-3-5-14-4-1-2-6-16(14)22(19,20)21/h1-2,4,6-10,18H,3,5,11H2,(H,19,20,21). The number of rotatable bonds is 6. The Morgan fingerprint density at radius 1 is 1.09 bits per heavy atom. The third-order valence-electron chi connectivity index (χ3n) is 3.22. The molecule has 0 amide bonds. The smallest absolute Gasteiger partial charge is 0.294 e. The van der Waals surface area contributed by atoms with E-state index in [2.05, 4.69) is 11.4 Å². The van der Waals surface area contributed by atoms with Crippen LogP contribution in [0.1, 0.15) is 17.5 Å². The van der Waals surface area contributed by atoms with E-state index < -0.39 is 10.1 Å². The van der Waals surface area contributed by atoms with Crippen LogP contribution in [0.3, 0.4) is 0 Å². The van der Waals surface area contributed by atoms with Crippen molar-refractivity contribution < 1.29 is 13.0 Å². The van der Waals surface area contributed by atoms with E-state index in [1.54, 1.807) is 30.3 Å². The fourth-order valence-electron chi connectivity index (χ4n) is 2.14. The van der Waals surface area contributed by atoms with Crippen LogP contribution in [0.5, 0.6) is 0 Å². The molecule has 22 heavy (non-hydrogen) atoms. The summed E-state index contributed by atoms with van der Waals surface area (Å²) < 4.78 is 31.7. The number of nitriles is 1. The molecule has 2 aromatic carbocycles. The lowest BCUT2D eigenvalue weighted by Gasteiger charge is -2.08. The molecule has 2 aromatic rings. The van der Waals surface area contributed by atoms with Crippen LogP contribution in [0.4, 0.5) is 5.69 Å². The summed E-state index contributed by atoms with van der Waals surface area (Å²) in [6, 6.07) is 15.6. The predicted octanol–water partition coefficient (Wildman–Crippen LogP) is 2.85. The number of anilines is 1. The number of aryl methyl sites for hydroxylation is 1. The summed E-state index contributed by atoms with van der Waals surface area (Å²) in [6.07, 6.45) is 1.26. The first-order valence-electron chi connectivity index (χ1n) is 6.80. The molecule has 6 heteroatoms. The lowest BCUT2D eigenvalue weighted by molar-refractivity contribution is 0.482. The van der Waals surface area contributed by atoms with Crippen LogP contribution in [0.25, 0.3) is 0 Å². The Balaban J connectivity index is 1.91. The average molecular weight is 316 g/mol. The minimum Gasteiger partial charge on any atom is -0.385 e. The van der Waals surface area contributed by atoms with Crippen molar-refractivity contribution in [1.82, 2.24) is 0 Å². The van der Waals surface area contributed by atoms with Gasteiger partial charge in [0.25, 0.3) is 10.1 Å².